The maximum atomic E-state index is 10.5. The molecular formula is C7H12O2. The van der Waals surface area contributed by atoms with E-state index in [2.05, 4.69) is 6.58 Å². The predicted octanol–water partition coefficient (Wildman–Crippen LogP) is 1.51. The molecule has 2 nitrogen and oxygen atoms in total. The summed E-state index contributed by atoms with van der Waals surface area (Å²) < 4.78 is 4.79. The van der Waals surface area contributed by atoms with Crippen molar-refractivity contribution in [2.75, 3.05) is 0 Å². The van der Waals surface area contributed by atoms with Crippen LogP contribution in [0.1, 0.15) is 20.3 Å². The quantitative estimate of drug-likeness (QED) is 0.425. The van der Waals surface area contributed by atoms with Crippen molar-refractivity contribution in [1.29, 1.82) is 0 Å². The second-order valence-corrected chi connectivity index (χ2v) is 1.78. The van der Waals surface area contributed by atoms with Gasteiger partial charge >= 0.3 is 5.97 Å². The maximum Gasteiger partial charge on any atom is 0.306 e. The molecule has 0 N–H and O–H groups in total. The van der Waals surface area contributed by atoms with E-state index in [9.17, 15) is 4.79 Å². The van der Waals surface area contributed by atoms with Crippen molar-refractivity contribution in [3.63, 3.8) is 0 Å². The Hall–Kier alpha value is -0.790. The van der Waals surface area contributed by atoms with Crippen molar-refractivity contribution in [3.05, 3.63) is 12.7 Å². The molecule has 0 spiro atoms. The smallest absolute Gasteiger partial charge is 0.306 e. The van der Waals surface area contributed by atoms with Gasteiger partial charge < -0.3 is 4.74 Å². The van der Waals surface area contributed by atoms with E-state index in [1.165, 1.54) is 0 Å². The summed E-state index contributed by atoms with van der Waals surface area (Å²) in [7, 11) is 0. The molecule has 0 aliphatic rings. The summed E-state index contributed by atoms with van der Waals surface area (Å²) in [5, 5.41) is 0. The maximum absolute atomic E-state index is 10.5. The second kappa shape index (κ2) is 4.13. The van der Waals surface area contributed by atoms with Gasteiger partial charge in [0.1, 0.15) is 6.10 Å². The fourth-order valence-electron chi connectivity index (χ4n) is 0.339. The fourth-order valence-corrected chi connectivity index (χ4v) is 0.339. The number of rotatable bonds is 3. The first-order valence-corrected chi connectivity index (χ1v) is 3.02. The van der Waals surface area contributed by atoms with Gasteiger partial charge in [0.25, 0.3) is 0 Å². The molecule has 0 saturated heterocycles. The van der Waals surface area contributed by atoms with Crippen LogP contribution < -0.4 is 0 Å². The van der Waals surface area contributed by atoms with E-state index < -0.39 is 0 Å². The lowest BCUT2D eigenvalue weighted by Gasteiger charge is -2.05. The zero-order valence-electron chi connectivity index (χ0n) is 5.89. The Morgan fingerprint density at radius 2 is 2.44 bits per heavy atom. The average Bonchev–Trinajstić information content (AvgIpc) is 1.87. The number of hydrogen-bond acceptors (Lipinski definition) is 2. The zero-order chi connectivity index (χ0) is 7.28. The summed E-state index contributed by atoms with van der Waals surface area (Å²) in [6, 6.07) is 0. The molecule has 0 saturated carbocycles. The van der Waals surface area contributed by atoms with E-state index >= 15 is 0 Å². The Bertz CT molecular complexity index is 107. The van der Waals surface area contributed by atoms with E-state index in [0.29, 0.717) is 6.42 Å². The second-order valence-electron chi connectivity index (χ2n) is 1.78. The Balaban J connectivity index is 3.46. The van der Waals surface area contributed by atoms with Crippen LogP contribution in [0.2, 0.25) is 0 Å². The highest BCUT2D eigenvalue weighted by molar-refractivity contribution is 5.69. The molecule has 52 valence electrons. The number of esters is 1. The third kappa shape index (κ3) is 3.76. The van der Waals surface area contributed by atoms with Crippen molar-refractivity contribution >= 4 is 5.97 Å². The minimum atomic E-state index is -0.178. The van der Waals surface area contributed by atoms with E-state index in [0.717, 1.165) is 0 Å². The van der Waals surface area contributed by atoms with Crippen molar-refractivity contribution < 1.29 is 9.53 Å². The predicted molar refractivity (Wildman–Crippen MR) is 36.0 cm³/mol. The molecule has 0 aliphatic heterocycles. The van der Waals surface area contributed by atoms with Gasteiger partial charge in [-0.25, -0.2) is 0 Å². The Morgan fingerprint density at radius 1 is 1.89 bits per heavy atom. The number of ether oxygens (including phenoxy) is 1. The van der Waals surface area contributed by atoms with Gasteiger partial charge in [-0.05, 0) is 6.92 Å². The highest BCUT2D eigenvalue weighted by atomic mass is 16.5. The van der Waals surface area contributed by atoms with Gasteiger partial charge in [0.2, 0.25) is 0 Å². The molecule has 9 heavy (non-hydrogen) atoms. The van der Waals surface area contributed by atoms with Gasteiger partial charge in [0.15, 0.2) is 0 Å². The lowest BCUT2D eigenvalue weighted by molar-refractivity contribution is -0.145. The van der Waals surface area contributed by atoms with Crippen LogP contribution >= 0.6 is 0 Å². The number of carbonyl (C=O) groups is 1. The van der Waals surface area contributed by atoms with Crippen LogP contribution in [0, 0.1) is 0 Å². The van der Waals surface area contributed by atoms with Gasteiger partial charge in [-0.2, -0.15) is 0 Å². The fraction of sp³-hybridized carbons (Fsp3) is 0.571. The summed E-state index contributed by atoms with van der Waals surface area (Å²) in [5.74, 6) is -0.178. The van der Waals surface area contributed by atoms with E-state index in [1.54, 1.807) is 19.9 Å². The molecule has 0 amide bonds. The Kier molecular flexibility index (Phi) is 3.76. The molecule has 1 atom stereocenters. The van der Waals surface area contributed by atoms with Gasteiger partial charge in [0.05, 0.1) is 0 Å². The average molecular weight is 128 g/mol. The number of carbonyl (C=O) groups excluding carboxylic acids is 1. The summed E-state index contributed by atoms with van der Waals surface area (Å²) >= 11 is 0. The van der Waals surface area contributed by atoms with E-state index in [4.69, 9.17) is 4.74 Å². The molecule has 0 aromatic carbocycles. The largest absolute Gasteiger partial charge is 0.458 e. The van der Waals surface area contributed by atoms with Crippen molar-refractivity contribution in [1.82, 2.24) is 0 Å². The van der Waals surface area contributed by atoms with Crippen LogP contribution in [-0.4, -0.2) is 12.1 Å². The lowest BCUT2D eigenvalue weighted by atomic mass is 10.4. The van der Waals surface area contributed by atoms with Crippen molar-refractivity contribution in [2.45, 2.75) is 26.4 Å². The zero-order valence-corrected chi connectivity index (χ0v) is 5.89. The summed E-state index contributed by atoms with van der Waals surface area (Å²) in [6.07, 6.45) is 1.86. The van der Waals surface area contributed by atoms with Gasteiger partial charge in [-0.15, -0.1) is 0 Å². The SMILES string of the molecule is C=C[C@@H](C)OC(=O)CC. The first-order chi connectivity index (χ1) is 4.20. The van der Waals surface area contributed by atoms with Crippen LogP contribution in [0.3, 0.4) is 0 Å². The lowest BCUT2D eigenvalue weighted by Crippen LogP contribution is -2.10. The molecule has 0 bridgehead atoms. The van der Waals surface area contributed by atoms with Crippen LogP contribution in [0.4, 0.5) is 0 Å². The van der Waals surface area contributed by atoms with Gasteiger partial charge in [-0.3, -0.25) is 4.79 Å². The Morgan fingerprint density at radius 3 is 2.78 bits per heavy atom. The number of hydrogen-bond donors (Lipinski definition) is 0. The minimum absolute atomic E-state index is 0.155. The van der Waals surface area contributed by atoms with Crippen LogP contribution in [0.15, 0.2) is 12.7 Å². The molecule has 0 aromatic rings. The van der Waals surface area contributed by atoms with Gasteiger partial charge in [-0.1, -0.05) is 19.6 Å². The Labute approximate surface area is 55.5 Å². The topological polar surface area (TPSA) is 26.3 Å². The molecule has 0 fully saturated rings. The first-order valence-electron chi connectivity index (χ1n) is 3.02. The standard InChI is InChI=1S/C7H12O2/c1-4-6(3)9-7(8)5-2/h4,6H,1,5H2,2-3H3/t6-/m1/s1. The molecule has 0 unspecified atom stereocenters. The first kappa shape index (κ1) is 8.21. The third-order valence-corrected chi connectivity index (χ3v) is 0.938. The normalized spacial score (nSPS) is 12.2. The van der Waals surface area contributed by atoms with E-state index in [-0.39, 0.29) is 12.1 Å². The molecule has 0 radical (unpaired) electrons. The molecule has 0 heterocycles. The molecule has 0 aromatic heterocycles. The van der Waals surface area contributed by atoms with Crippen LogP contribution in [0.25, 0.3) is 0 Å². The molecule has 2 heteroatoms. The summed E-state index contributed by atoms with van der Waals surface area (Å²) in [6.45, 7) is 7.01. The van der Waals surface area contributed by atoms with E-state index in [1.807, 2.05) is 0 Å². The van der Waals surface area contributed by atoms with Gasteiger partial charge in [0, 0.05) is 6.42 Å². The van der Waals surface area contributed by atoms with Crippen LogP contribution in [0.5, 0.6) is 0 Å². The molecule has 0 aliphatic carbocycles. The highest BCUT2D eigenvalue weighted by Crippen LogP contribution is 1.93. The summed E-state index contributed by atoms with van der Waals surface area (Å²) in [4.78, 5) is 10.5. The van der Waals surface area contributed by atoms with Crippen molar-refractivity contribution in [3.8, 4) is 0 Å². The summed E-state index contributed by atoms with van der Waals surface area (Å²) in [5.41, 5.74) is 0. The third-order valence-electron chi connectivity index (χ3n) is 0.938. The highest BCUT2D eigenvalue weighted by Gasteiger charge is 2.00. The van der Waals surface area contributed by atoms with Crippen molar-refractivity contribution in [2.24, 2.45) is 0 Å². The minimum Gasteiger partial charge on any atom is -0.458 e. The monoisotopic (exact) mass is 128 g/mol. The van der Waals surface area contributed by atoms with Crippen LogP contribution in [-0.2, 0) is 9.53 Å². The molecule has 0 rings (SSSR count). The molecular weight excluding hydrogens is 116 g/mol.